The predicted molar refractivity (Wildman–Crippen MR) is 120 cm³/mol. The highest BCUT2D eigenvalue weighted by Gasteiger charge is 2.20. The van der Waals surface area contributed by atoms with Crippen LogP contribution in [0.1, 0.15) is 21.9 Å². The molecule has 162 valence electrons. The molecule has 1 amide bonds. The average molecular weight is 441 g/mol. The van der Waals surface area contributed by atoms with Gasteiger partial charge in [-0.3, -0.25) is 19.5 Å². The molecule has 3 aromatic heterocycles. The summed E-state index contributed by atoms with van der Waals surface area (Å²) in [5.41, 5.74) is 3.14. The molecule has 0 radical (unpaired) electrons. The van der Waals surface area contributed by atoms with Crippen LogP contribution in [0.15, 0.2) is 35.3 Å². The molecule has 0 spiro atoms. The maximum Gasteiger partial charge on any atom is 0.269 e. The molecule has 0 atom stereocenters. The van der Waals surface area contributed by atoms with E-state index in [1.165, 1.54) is 23.8 Å². The van der Waals surface area contributed by atoms with Gasteiger partial charge in [-0.25, -0.2) is 9.97 Å². The third kappa shape index (κ3) is 5.06. The van der Waals surface area contributed by atoms with Crippen molar-refractivity contribution in [1.29, 1.82) is 0 Å². The number of aromatic amines is 1. The van der Waals surface area contributed by atoms with Gasteiger partial charge in [0.25, 0.3) is 11.5 Å². The van der Waals surface area contributed by atoms with Crippen molar-refractivity contribution in [3.05, 3.63) is 57.9 Å². The van der Waals surface area contributed by atoms with E-state index < -0.39 is 0 Å². The summed E-state index contributed by atoms with van der Waals surface area (Å²) in [6.45, 7) is 6.28. The highest BCUT2D eigenvalue weighted by molar-refractivity contribution is 7.10. The second-order valence-electron chi connectivity index (χ2n) is 7.23. The summed E-state index contributed by atoms with van der Waals surface area (Å²) in [7, 11) is 1.60. The molecule has 3 aromatic rings. The van der Waals surface area contributed by atoms with Crippen LogP contribution in [-0.4, -0.2) is 63.4 Å². The second-order valence-corrected chi connectivity index (χ2v) is 8.04. The first-order valence-electron chi connectivity index (χ1n) is 9.97. The number of aromatic nitrogens is 4. The number of anilines is 3. The fraction of sp³-hybridized carbons (Fsp3) is 0.350. The van der Waals surface area contributed by atoms with Gasteiger partial charge in [0, 0.05) is 52.0 Å². The molecule has 0 unspecified atom stereocenters. The maximum absolute atomic E-state index is 11.8. The summed E-state index contributed by atoms with van der Waals surface area (Å²) < 4.78 is 4.51. The van der Waals surface area contributed by atoms with E-state index in [4.69, 9.17) is 0 Å². The molecule has 0 aromatic carbocycles. The van der Waals surface area contributed by atoms with Crippen molar-refractivity contribution in [3.63, 3.8) is 0 Å². The van der Waals surface area contributed by atoms with Crippen LogP contribution in [0.25, 0.3) is 0 Å². The van der Waals surface area contributed by atoms with Crippen LogP contribution in [-0.2, 0) is 6.54 Å². The number of amides is 1. The van der Waals surface area contributed by atoms with E-state index in [9.17, 15) is 9.59 Å². The van der Waals surface area contributed by atoms with Crippen molar-refractivity contribution in [2.75, 3.05) is 43.4 Å². The van der Waals surface area contributed by atoms with E-state index in [1.807, 2.05) is 19.1 Å². The summed E-state index contributed by atoms with van der Waals surface area (Å²) in [5, 5.41) is 6.52. The first kappa shape index (κ1) is 20.9. The summed E-state index contributed by atoms with van der Waals surface area (Å²) in [6.07, 6.45) is 1.46. The van der Waals surface area contributed by atoms with E-state index in [1.54, 1.807) is 13.1 Å². The Morgan fingerprint density at radius 1 is 1.23 bits per heavy atom. The number of rotatable bonds is 6. The van der Waals surface area contributed by atoms with Crippen molar-refractivity contribution in [1.82, 2.24) is 29.5 Å². The Labute approximate surface area is 183 Å². The lowest BCUT2D eigenvalue weighted by Crippen LogP contribution is -2.46. The maximum atomic E-state index is 11.8. The first-order chi connectivity index (χ1) is 15.0. The third-order valence-electron chi connectivity index (χ3n) is 5.09. The van der Waals surface area contributed by atoms with Gasteiger partial charge in [-0.15, -0.1) is 0 Å². The zero-order valence-corrected chi connectivity index (χ0v) is 18.2. The number of pyridine rings is 1. The molecule has 1 fully saturated rings. The van der Waals surface area contributed by atoms with Gasteiger partial charge in [-0.1, -0.05) is 0 Å². The molecule has 1 aliphatic rings. The molecule has 0 saturated carbocycles. The minimum absolute atomic E-state index is 0.175. The van der Waals surface area contributed by atoms with Crippen molar-refractivity contribution in [3.8, 4) is 0 Å². The molecular formula is C20H24N8O2S. The number of nitrogens with zero attached hydrogens (tertiary/aromatic N) is 5. The standard InChI is InChI=1S/C20H24N8O2S/c1-13-16(4-3-15(23-13)19(30)21-2)28-9-7-27(8-10-28)12-14-11-18(31-26-14)25-20-22-6-5-17(29)24-20/h3-6,11H,7-10,12H2,1-2H3,(H,21,30)(H2,22,24,25,29). The molecule has 31 heavy (non-hydrogen) atoms. The Morgan fingerprint density at radius 3 is 2.74 bits per heavy atom. The molecule has 1 saturated heterocycles. The fourth-order valence-corrected chi connectivity index (χ4v) is 4.17. The Hall–Kier alpha value is -3.31. The van der Waals surface area contributed by atoms with Gasteiger partial charge in [-0.2, -0.15) is 4.37 Å². The van der Waals surface area contributed by atoms with E-state index in [2.05, 4.69) is 39.8 Å². The Morgan fingerprint density at radius 2 is 2.03 bits per heavy atom. The van der Waals surface area contributed by atoms with E-state index >= 15 is 0 Å². The predicted octanol–water partition coefficient (Wildman–Crippen LogP) is 1.36. The molecular weight excluding hydrogens is 416 g/mol. The molecule has 11 heteroatoms. The lowest BCUT2D eigenvalue weighted by Gasteiger charge is -2.36. The SMILES string of the molecule is CNC(=O)c1ccc(N2CCN(Cc3cc(Nc4nccc(=O)[nH]4)sn3)CC2)c(C)n1. The van der Waals surface area contributed by atoms with E-state index in [0.29, 0.717) is 11.6 Å². The lowest BCUT2D eigenvalue weighted by atomic mass is 10.2. The summed E-state index contributed by atoms with van der Waals surface area (Å²) in [5.74, 6) is 0.230. The fourth-order valence-electron chi connectivity index (χ4n) is 3.51. The number of nitrogens with one attached hydrogen (secondary N) is 3. The number of carbonyl (C=O) groups excluding carboxylic acids is 1. The van der Waals surface area contributed by atoms with Crippen molar-refractivity contribution in [2.45, 2.75) is 13.5 Å². The molecule has 10 nitrogen and oxygen atoms in total. The van der Waals surface area contributed by atoms with Crippen LogP contribution in [0.3, 0.4) is 0 Å². The molecule has 1 aliphatic heterocycles. The van der Waals surface area contributed by atoms with Crippen molar-refractivity contribution < 1.29 is 4.79 Å². The normalized spacial score (nSPS) is 14.5. The molecule has 3 N–H and O–H groups in total. The van der Waals surface area contributed by atoms with Gasteiger partial charge >= 0.3 is 0 Å². The van der Waals surface area contributed by atoms with Gasteiger partial charge in [0.05, 0.1) is 17.1 Å². The Kier molecular flexibility index (Phi) is 6.23. The van der Waals surface area contributed by atoms with Crippen LogP contribution < -0.4 is 21.1 Å². The van der Waals surface area contributed by atoms with Gasteiger partial charge in [0.1, 0.15) is 10.7 Å². The Bertz CT molecular complexity index is 1120. The zero-order chi connectivity index (χ0) is 21.8. The van der Waals surface area contributed by atoms with E-state index in [0.717, 1.165) is 54.8 Å². The molecule has 0 bridgehead atoms. The number of carbonyl (C=O) groups is 1. The molecule has 4 rings (SSSR count). The topological polar surface area (TPSA) is 119 Å². The van der Waals surface area contributed by atoms with Gasteiger partial charge < -0.3 is 15.5 Å². The van der Waals surface area contributed by atoms with E-state index in [-0.39, 0.29) is 11.5 Å². The smallest absolute Gasteiger partial charge is 0.269 e. The van der Waals surface area contributed by atoms with Crippen LogP contribution in [0.2, 0.25) is 0 Å². The van der Waals surface area contributed by atoms with Crippen molar-refractivity contribution >= 4 is 34.1 Å². The minimum atomic E-state index is -0.200. The summed E-state index contributed by atoms with van der Waals surface area (Å²) in [6, 6.07) is 7.10. The van der Waals surface area contributed by atoms with Crippen LogP contribution in [0.5, 0.6) is 0 Å². The summed E-state index contributed by atoms with van der Waals surface area (Å²) >= 11 is 1.34. The zero-order valence-electron chi connectivity index (χ0n) is 17.4. The number of hydrogen-bond donors (Lipinski definition) is 3. The Balaban J connectivity index is 1.32. The first-order valence-corrected chi connectivity index (χ1v) is 10.7. The van der Waals surface area contributed by atoms with Crippen LogP contribution in [0, 0.1) is 6.92 Å². The van der Waals surface area contributed by atoms with Crippen LogP contribution in [0.4, 0.5) is 16.6 Å². The van der Waals surface area contributed by atoms with Gasteiger partial charge in [0.15, 0.2) is 0 Å². The number of H-pyrrole nitrogens is 1. The monoisotopic (exact) mass is 440 g/mol. The summed E-state index contributed by atoms with van der Waals surface area (Å²) in [4.78, 5) is 39.0. The van der Waals surface area contributed by atoms with Gasteiger partial charge in [0.2, 0.25) is 5.95 Å². The van der Waals surface area contributed by atoms with Crippen molar-refractivity contribution in [2.24, 2.45) is 0 Å². The van der Waals surface area contributed by atoms with Crippen LogP contribution >= 0.6 is 11.5 Å². The highest BCUT2D eigenvalue weighted by atomic mass is 32.1. The number of aryl methyl sites for hydroxylation is 1. The highest BCUT2D eigenvalue weighted by Crippen LogP contribution is 2.23. The molecule has 4 heterocycles. The second kappa shape index (κ2) is 9.23. The van der Waals surface area contributed by atoms with Gasteiger partial charge in [-0.05, 0) is 36.7 Å². The number of hydrogen-bond acceptors (Lipinski definition) is 9. The largest absolute Gasteiger partial charge is 0.368 e. The number of piperazine rings is 1. The molecule has 0 aliphatic carbocycles. The average Bonchev–Trinajstić information content (AvgIpc) is 3.20. The lowest BCUT2D eigenvalue weighted by molar-refractivity contribution is 0.0958. The minimum Gasteiger partial charge on any atom is -0.368 e. The quantitative estimate of drug-likeness (QED) is 0.526. The third-order valence-corrected chi connectivity index (χ3v) is 5.83.